The molecule has 2 aromatic heterocycles. The van der Waals surface area contributed by atoms with Crippen LogP contribution in [0.1, 0.15) is 55.2 Å². The van der Waals surface area contributed by atoms with Gasteiger partial charge in [0, 0.05) is 24.2 Å². The Balaban J connectivity index is 1.33. The van der Waals surface area contributed by atoms with Crippen LogP contribution in [0.15, 0.2) is 23.5 Å². The number of amides is 1. The van der Waals surface area contributed by atoms with E-state index in [1.807, 2.05) is 17.2 Å². The van der Waals surface area contributed by atoms with Gasteiger partial charge in [-0.2, -0.15) is 0 Å². The lowest BCUT2D eigenvalue weighted by atomic mass is 9.71. The zero-order valence-corrected chi connectivity index (χ0v) is 22.7. The average Bonchev–Trinajstić information content (AvgIpc) is 3.50. The monoisotopic (exact) mass is 519 g/mol. The number of anilines is 2. The van der Waals surface area contributed by atoms with Gasteiger partial charge in [-0.15, -0.1) is 11.3 Å². The largest absolute Gasteiger partial charge is 0.495 e. The number of hydrogen-bond donors (Lipinski definition) is 1. The quantitative estimate of drug-likeness (QED) is 0.516. The molecule has 6 rings (SSSR count). The molecule has 8 nitrogen and oxygen atoms in total. The minimum absolute atomic E-state index is 0.0662. The van der Waals surface area contributed by atoms with E-state index in [1.165, 1.54) is 10.4 Å². The smallest absolute Gasteiger partial charge is 0.229 e. The highest BCUT2D eigenvalue weighted by Gasteiger charge is 2.45. The molecule has 1 fully saturated rings. The average molecular weight is 520 g/mol. The molecule has 1 saturated heterocycles. The Morgan fingerprint density at radius 3 is 2.84 bits per heavy atom. The third-order valence-corrected chi connectivity index (χ3v) is 9.21. The summed E-state index contributed by atoms with van der Waals surface area (Å²) in [6.07, 6.45) is 6.88. The maximum absolute atomic E-state index is 13.9. The van der Waals surface area contributed by atoms with Gasteiger partial charge >= 0.3 is 0 Å². The van der Waals surface area contributed by atoms with Crippen LogP contribution in [0.2, 0.25) is 0 Å². The highest BCUT2D eigenvalue weighted by molar-refractivity contribution is 7.19. The van der Waals surface area contributed by atoms with Gasteiger partial charge in [-0.25, -0.2) is 9.97 Å². The molecule has 194 valence electrons. The number of ether oxygens (including phenoxy) is 2. The lowest BCUT2D eigenvalue weighted by Gasteiger charge is -2.43. The molecule has 4 heterocycles. The second kappa shape index (κ2) is 9.36. The predicted molar refractivity (Wildman–Crippen MR) is 146 cm³/mol. The summed E-state index contributed by atoms with van der Waals surface area (Å²) in [6.45, 7) is 8.26. The first-order valence-electron chi connectivity index (χ1n) is 13.1. The Morgan fingerprint density at radius 2 is 2.08 bits per heavy atom. The van der Waals surface area contributed by atoms with Crippen molar-refractivity contribution in [3.05, 3.63) is 40.0 Å². The highest BCUT2D eigenvalue weighted by atomic mass is 32.1. The van der Waals surface area contributed by atoms with E-state index in [4.69, 9.17) is 9.47 Å². The summed E-state index contributed by atoms with van der Waals surface area (Å²) in [6, 6.07) is 4.11. The van der Waals surface area contributed by atoms with E-state index in [9.17, 15) is 4.79 Å². The van der Waals surface area contributed by atoms with Crippen molar-refractivity contribution in [1.29, 1.82) is 0 Å². The number of methoxy groups -OCH3 is 1. The minimum atomic E-state index is -0.381. The molecule has 1 amide bonds. The van der Waals surface area contributed by atoms with Crippen molar-refractivity contribution in [1.82, 2.24) is 14.9 Å². The third kappa shape index (κ3) is 4.18. The number of nitrogens with one attached hydrogen (secondary N) is 1. The molecule has 1 aliphatic carbocycles. The van der Waals surface area contributed by atoms with Crippen LogP contribution in [0.4, 0.5) is 11.5 Å². The molecule has 1 N–H and O–H groups in total. The van der Waals surface area contributed by atoms with Crippen LogP contribution in [0.3, 0.4) is 0 Å². The number of nitrogens with zero attached hydrogens (tertiary/aromatic N) is 4. The van der Waals surface area contributed by atoms with Gasteiger partial charge in [-0.05, 0) is 68.4 Å². The van der Waals surface area contributed by atoms with Crippen LogP contribution in [0.25, 0.3) is 10.2 Å². The van der Waals surface area contributed by atoms with Gasteiger partial charge in [0.05, 0.1) is 42.4 Å². The summed E-state index contributed by atoms with van der Waals surface area (Å²) >= 11 is 1.70. The first-order valence-corrected chi connectivity index (χ1v) is 13.9. The van der Waals surface area contributed by atoms with E-state index in [2.05, 4.69) is 47.1 Å². The number of morpholine rings is 1. The Bertz CT molecular complexity index is 1390. The molecule has 1 aromatic carbocycles. The normalized spacial score (nSPS) is 24.7. The number of aromatic nitrogens is 2. The van der Waals surface area contributed by atoms with Gasteiger partial charge in [0.25, 0.3) is 0 Å². The molecule has 0 spiro atoms. The fraction of sp³-hybridized carbons (Fsp3) is 0.500. The van der Waals surface area contributed by atoms with Gasteiger partial charge in [0.1, 0.15) is 22.7 Å². The predicted octanol–water partition coefficient (Wildman–Crippen LogP) is 4.90. The van der Waals surface area contributed by atoms with Crippen LogP contribution in [-0.4, -0.2) is 59.4 Å². The van der Waals surface area contributed by atoms with E-state index in [1.54, 1.807) is 24.8 Å². The Labute approximate surface area is 221 Å². The fourth-order valence-corrected chi connectivity index (χ4v) is 7.48. The minimum Gasteiger partial charge on any atom is -0.495 e. The SMILES string of the molecule is CC[C@@]1(C(=O)N2C[C@@H](C)O[C@@H](C)C2)CCc2c(sc3ncnc(Nc4cc5c(cc4OC)CN=C5)c23)C1. The lowest BCUT2D eigenvalue weighted by Crippen LogP contribution is -2.54. The molecule has 0 unspecified atom stereocenters. The van der Waals surface area contributed by atoms with Gasteiger partial charge in [0.2, 0.25) is 5.91 Å². The van der Waals surface area contributed by atoms with Crippen molar-refractivity contribution in [2.75, 3.05) is 25.5 Å². The van der Waals surface area contributed by atoms with E-state index in [-0.39, 0.29) is 23.5 Å². The fourth-order valence-electron chi connectivity index (χ4n) is 6.15. The Kier molecular flexibility index (Phi) is 6.15. The number of carbonyl (C=O) groups excluding carboxylic acids is 1. The van der Waals surface area contributed by atoms with E-state index in [0.717, 1.165) is 64.3 Å². The van der Waals surface area contributed by atoms with Crippen LogP contribution < -0.4 is 10.1 Å². The first kappa shape index (κ1) is 24.3. The van der Waals surface area contributed by atoms with Gasteiger partial charge in [-0.3, -0.25) is 9.79 Å². The van der Waals surface area contributed by atoms with Gasteiger partial charge in [-0.1, -0.05) is 6.92 Å². The summed E-state index contributed by atoms with van der Waals surface area (Å²) in [5.41, 5.74) is 4.00. The molecule has 0 bridgehead atoms. The molecule has 37 heavy (non-hydrogen) atoms. The number of aryl methyl sites for hydroxylation is 1. The zero-order chi connectivity index (χ0) is 25.7. The van der Waals surface area contributed by atoms with Crippen molar-refractivity contribution < 1.29 is 14.3 Å². The molecule has 2 aliphatic heterocycles. The van der Waals surface area contributed by atoms with Crippen molar-refractivity contribution in [3.8, 4) is 5.75 Å². The molecule has 0 radical (unpaired) electrons. The number of fused-ring (bicyclic) bond motifs is 4. The van der Waals surface area contributed by atoms with E-state index >= 15 is 0 Å². The van der Waals surface area contributed by atoms with E-state index < -0.39 is 0 Å². The van der Waals surface area contributed by atoms with Crippen LogP contribution in [-0.2, 0) is 28.9 Å². The molecule has 0 saturated carbocycles. The molecule has 9 heteroatoms. The maximum atomic E-state index is 13.9. The summed E-state index contributed by atoms with van der Waals surface area (Å²) in [4.78, 5) is 31.8. The summed E-state index contributed by atoms with van der Waals surface area (Å²) in [5.74, 6) is 1.82. The van der Waals surface area contributed by atoms with Crippen LogP contribution in [0.5, 0.6) is 5.75 Å². The number of aliphatic imine (C=N–C) groups is 1. The second-order valence-electron chi connectivity index (χ2n) is 10.5. The van der Waals surface area contributed by atoms with Crippen LogP contribution >= 0.6 is 11.3 Å². The standard InChI is InChI=1S/C28H33N5O3S/c1-5-28(27(34)33-13-16(2)36-17(3)14-33)7-6-20-23(10-28)37-26-24(20)25(30-15-31-26)32-21-8-18-11-29-12-19(18)9-22(21)35-4/h8-9,11,15-17H,5-7,10,12-14H2,1-4H3,(H,30,31,32)/t16-,17+,28-/m1/s1. The number of thiophene rings is 1. The lowest BCUT2D eigenvalue weighted by molar-refractivity contribution is -0.155. The van der Waals surface area contributed by atoms with Crippen molar-refractivity contribution >= 4 is 45.2 Å². The Morgan fingerprint density at radius 1 is 1.27 bits per heavy atom. The van der Waals surface area contributed by atoms with Gasteiger partial charge < -0.3 is 19.7 Å². The first-order chi connectivity index (χ1) is 17.9. The number of carbonyl (C=O) groups is 1. The number of rotatable bonds is 5. The molecular weight excluding hydrogens is 486 g/mol. The van der Waals surface area contributed by atoms with Crippen molar-refractivity contribution in [3.63, 3.8) is 0 Å². The number of benzene rings is 1. The molecule has 3 aliphatic rings. The highest BCUT2D eigenvalue weighted by Crippen LogP contribution is 2.47. The summed E-state index contributed by atoms with van der Waals surface area (Å²) < 4.78 is 11.6. The molecule has 3 atom stereocenters. The van der Waals surface area contributed by atoms with Crippen molar-refractivity contribution in [2.45, 2.75) is 65.2 Å². The third-order valence-electron chi connectivity index (χ3n) is 8.07. The second-order valence-corrected chi connectivity index (χ2v) is 11.6. The molecule has 3 aromatic rings. The maximum Gasteiger partial charge on any atom is 0.229 e. The number of hydrogen-bond acceptors (Lipinski definition) is 8. The summed E-state index contributed by atoms with van der Waals surface area (Å²) in [7, 11) is 1.68. The topological polar surface area (TPSA) is 88.9 Å². The Hall–Kier alpha value is -3.04. The zero-order valence-electron chi connectivity index (χ0n) is 21.8. The van der Waals surface area contributed by atoms with Crippen molar-refractivity contribution in [2.24, 2.45) is 10.4 Å². The van der Waals surface area contributed by atoms with Gasteiger partial charge in [0.15, 0.2) is 0 Å². The summed E-state index contributed by atoms with van der Waals surface area (Å²) in [5, 5.41) is 4.59. The van der Waals surface area contributed by atoms with E-state index in [0.29, 0.717) is 19.6 Å². The molecular formula is C28H33N5O3S. The van der Waals surface area contributed by atoms with Crippen LogP contribution in [0, 0.1) is 5.41 Å².